The van der Waals surface area contributed by atoms with Gasteiger partial charge in [-0.3, -0.25) is 9.59 Å². The number of anilines is 3. The highest BCUT2D eigenvalue weighted by molar-refractivity contribution is 6.30. The number of hydrogen-bond acceptors (Lipinski definition) is 10. The molecule has 2 aromatic carbocycles. The molecular formula is C29H33ClF3N7O4. The fourth-order valence-electron chi connectivity index (χ4n) is 3.68. The van der Waals surface area contributed by atoms with Crippen LogP contribution >= 0.6 is 11.6 Å². The lowest BCUT2D eigenvalue weighted by atomic mass is 10.1. The van der Waals surface area contributed by atoms with E-state index in [9.17, 15) is 18.0 Å². The number of terminal acetylenes is 1. The Balaban J connectivity index is 0.00000104. The van der Waals surface area contributed by atoms with Crippen molar-refractivity contribution in [3.63, 3.8) is 0 Å². The van der Waals surface area contributed by atoms with E-state index in [0.29, 0.717) is 35.8 Å². The predicted molar refractivity (Wildman–Crippen MR) is 161 cm³/mol. The van der Waals surface area contributed by atoms with Gasteiger partial charge in [0, 0.05) is 22.8 Å². The van der Waals surface area contributed by atoms with Gasteiger partial charge in [-0.1, -0.05) is 23.7 Å². The number of halogens is 4. The molecule has 1 aromatic heterocycles. The summed E-state index contributed by atoms with van der Waals surface area (Å²) < 4.78 is 47.0. The number of rotatable bonds is 13. The molecule has 1 heterocycles. The van der Waals surface area contributed by atoms with Crippen LogP contribution in [0.3, 0.4) is 0 Å². The zero-order valence-electron chi connectivity index (χ0n) is 23.9. The molecule has 0 bridgehead atoms. The Morgan fingerprint density at radius 3 is 2.20 bits per heavy atom. The van der Waals surface area contributed by atoms with Crippen molar-refractivity contribution in [1.82, 2.24) is 20.3 Å². The highest BCUT2D eigenvalue weighted by atomic mass is 35.5. The molecule has 11 nitrogen and oxygen atoms in total. The van der Waals surface area contributed by atoms with Crippen molar-refractivity contribution in [2.75, 3.05) is 37.4 Å². The zero-order chi connectivity index (χ0) is 32.6. The molecule has 1 amide bonds. The lowest BCUT2D eigenvalue weighted by Crippen LogP contribution is -2.24. The van der Waals surface area contributed by atoms with Gasteiger partial charge in [0.1, 0.15) is 0 Å². The molecule has 0 atom stereocenters. The number of carbonyl (C=O) groups excluding carboxylic acids is 2. The lowest BCUT2D eigenvalue weighted by molar-refractivity contribution is -0.154. The van der Waals surface area contributed by atoms with Gasteiger partial charge in [0.25, 0.3) is 12.4 Å². The number of carbonyl (C=O) groups is 2. The number of unbranched alkanes of at least 4 members (excludes halogenated alkanes) is 1. The molecule has 1 saturated carbocycles. The molecule has 0 radical (unpaired) electrons. The maximum absolute atomic E-state index is 12.8. The number of aromatic nitrogens is 3. The van der Waals surface area contributed by atoms with E-state index in [1.165, 1.54) is 7.11 Å². The SMILES string of the molecule is C#C.COC=O.NCCCCNC(=O)c1ccc(Nc2nc(NC3(c4ccc(Cl)cc4)CC3)nc(OCC(F)(F)F)n2)cc1. The Hall–Kier alpha value is -4.61. The summed E-state index contributed by atoms with van der Waals surface area (Å²) >= 11 is 6.00. The molecule has 4 rings (SSSR count). The van der Waals surface area contributed by atoms with Crippen molar-refractivity contribution in [3.05, 3.63) is 64.7 Å². The minimum atomic E-state index is -4.56. The van der Waals surface area contributed by atoms with Crippen LogP contribution in [0, 0.1) is 12.8 Å². The summed E-state index contributed by atoms with van der Waals surface area (Å²) in [5.41, 5.74) is 6.91. The number of methoxy groups -OCH3 is 1. The summed E-state index contributed by atoms with van der Waals surface area (Å²) in [6.45, 7) is -0.0855. The van der Waals surface area contributed by atoms with Gasteiger partial charge in [0.2, 0.25) is 11.9 Å². The van der Waals surface area contributed by atoms with Crippen LogP contribution in [0.25, 0.3) is 0 Å². The van der Waals surface area contributed by atoms with Crippen LogP contribution < -0.4 is 26.4 Å². The highest BCUT2D eigenvalue weighted by Crippen LogP contribution is 2.48. The van der Waals surface area contributed by atoms with E-state index in [0.717, 1.165) is 31.2 Å². The fourth-order valence-corrected chi connectivity index (χ4v) is 3.81. The van der Waals surface area contributed by atoms with Gasteiger partial charge in [0.05, 0.1) is 12.6 Å². The van der Waals surface area contributed by atoms with Crippen LogP contribution in [-0.2, 0) is 15.1 Å². The molecule has 1 fully saturated rings. The third-order valence-corrected chi connectivity index (χ3v) is 6.15. The molecule has 0 aliphatic heterocycles. The first-order chi connectivity index (χ1) is 21.1. The topological polar surface area (TPSA) is 153 Å². The maximum Gasteiger partial charge on any atom is 0.422 e. The summed E-state index contributed by atoms with van der Waals surface area (Å²) in [7, 11) is 1.31. The number of benzene rings is 2. The number of hydrogen-bond donors (Lipinski definition) is 4. The summed E-state index contributed by atoms with van der Waals surface area (Å²) in [6.07, 6.45) is 6.60. The Morgan fingerprint density at radius 1 is 1.05 bits per heavy atom. The minimum absolute atomic E-state index is 0.0226. The van der Waals surface area contributed by atoms with E-state index < -0.39 is 24.3 Å². The molecule has 5 N–H and O–H groups in total. The standard InChI is InChI=1S/C25H27ClF3N7O2.C2H4O2.C2H2/c26-18-7-5-17(6-8-18)24(11-12-24)36-22-33-21(34-23(35-22)38-15-25(27,28)29)32-19-9-3-16(4-10-19)20(37)31-14-2-1-13-30;1-4-2-3;1-2/h3-10H,1-2,11-15,30H2,(H,31,37)(H2,32,33,34,35,36);2H,1H3;1-2H. The van der Waals surface area contributed by atoms with Crippen LogP contribution in [0.4, 0.5) is 30.8 Å². The summed E-state index contributed by atoms with van der Waals surface area (Å²) in [5.74, 6) is -0.189. The average molecular weight is 636 g/mol. The first kappa shape index (κ1) is 35.6. The molecule has 0 saturated heterocycles. The zero-order valence-corrected chi connectivity index (χ0v) is 24.6. The summed E-state index contributed by atoms with van der Waals surface area (Å²) in [6, 6.07) is 13.3. The van der Waals surface area contributed by atoms with Gasteiger partial charge in [-0.2, -0.15) is 28.1 Å². The molecule has 0 spiro atoms. The normalized spacial score (nSPS) is 12.6. The lowest BCUT2D eigenvalue weighted by Gasteiger charge is -2.19. The van der Waals surface area contributed by atoms with Crippen LogP contribution in [0.15, 0.2) is 48.5 Å². The Labute approximate surface area is 258 Å². The quantitative estimate of drug-likeness (QED) is 0.117. The highest BCUT2D eigenvalue weighted by Gasteiger charge is 2.45. The number of amides is 1. The average Bonchev–Trinajstić information content (AvgIpc) is 3.80. The number of nitrogens with zero attached hydrogens (tertiary/aromatic N) is 3. The van der Waals surface area contributed by atoms with E-state index in [2.05, 4.69) is 48.5 Å². The third kappa shape index (κ3) is 11.9. The van der Waals surface area contributed by atoms with Crippen molar-refractivity contribution >= 4 is 41.6 Å². The molecule has 1 aliphatic rings. The Bertz CT molecular complexity index is 1350. The Kier molecular flexibility index (Phi) is 14.1. The monoisotopic (exact) mass is 635 g/mol. The van der Waals surface area contributed by atoms with Crippen LogP contribution in [0.2, 0.25) is 5.02 Å². The molecular weight excluding hydrogens is 603 g/mol. The van der Waals surface area contributed by atoms with Crippen molar-refractivity contribution in [2.45, 2.75) is 37.4 Å². The molecule has 15 heteroatoms. The molecule has 0 unspecified atom stereocenters. The van der Waals surface area contributed by atoms with E-state index in [-0.39, 0.29) is 17.8 Å². The first-order valence-electron chi connectivity index (χ1n) is 13.2. The van der Waals surface area contributed by atoms with Gasteiger partial charge in [-0.05, 0) is 74.2 Å². The van der Waals surface area contributed by atoms with Crippen molar-refractivity contribution in [1.29, 1.82) is 0 Å². The van der Waals surface area contributed by atoms with Crippen LogP contribution in [0.1, 0.15) is 41.6 Å². The maximum atomic E-state index is 12.8. The molecule has 1 aliphatic carbocycles. The van der Waals surface area contributed by atoms with Gasteiger partial charge in [-0.25, -0.2) is 0 Å². The van der Waals surface area contributed by atoms with E-state index in [4.69, 9.17) is 26.9 Å². The van der Waals surface area contributed by atoms with Gasteiger partial charge < -0.3 is 31.2 Å². The van der Waals surface area contributed by atoms with Gasteiger partial charge >= 0.3 is 12.2 Å². The van der Waals surface area contributed by atoms with Crippen molar-refractivity contribution in [2.24, 2.45) is 5.73 Å². The fraction of sp³-hybridized carbons (Fsp3) is 0.345. The van der Waals surface area contributed by atoms with E-state index >= 15 is 0 Å². The third-order valence-electron chi connectivity index (χ3n) is 5.89. The Morgan fingerprint density at radius 2 is 1.66 bits per heavy atom. The van der Waals surface area contributed by atoms with Crippen LogP contribution in [0.5, 0.6) is 6.01 Å². The van der Waals surface area contributed by atoms with E-state index in [1.807, 2.05) is 12.1 Å². The second kappa shape index (κ2) is 17.5. The second-order valence-corrected chi connectivity index (χ2v) is 9.61. The van der Waals surface area contributed by atoms with E-state index in [1.54, 1.807) is 36.4 Å². The summed E-state index contributed by atoms with van der Waals surface area (Å²) in [4.78, 5) is 33.6. The predicted octanol–water partition coefficient (Wildman–Crippen LogP) is 4.82. The first-order valence-corrected chi connectivity index (χ1v) is 13.6. The number of nitrogens with one attached hydrogen (secondary N) is 3. The largest absolute Gasteiger partial charge is 0.471 e. The summed E-state index contributed by atoms with van der Waals surface area (Å²) in [5, 5.41) is 9.56. The van der Waals surface area contributed by atoms with Gasteiger partial charge in [-0.15, -0.1) is 12.8 Å². The number of alkyl halides is 3. The van der Waals surface area contributed by atoms with Gasteiger partial charge in [0.15, 0.2) is 6.61 Å². The number of ether oxygens (including phenoxy) is 2. The molecule has 236 valence electrons. The second-order valence-electron chi connectivity index (χ2n) is 9.17. The van der Waals surface area contributed by atoms with Crippen molar-refractivity contribution < 1.29 is 32.2 Å². The molecule has 3 aromatic rings. The minimum Gasteiger partial charge on any atom is -0.471 e. The van der Waals surface area contributed by atoms with Crippen molar-refractivity contribution in [3.8, 4) is 18.9 Å². The number of nitrogens with two attached hydrogens (primary N) is 1. The smallest absolute Gasteiger partial charge is 0.422 e. The molecule has 44 heavy (non-hydrogen) atoms. The van der Waals surface area contributed by atoms with Crippen LogP contribution in [-0.4, -0.2) is 60.3 Å².